The lowest BCUT2D eigenvalue weighted by Crippen LogP contribution is -2.56. The van der Waals surface area contributed by atoms with Gasteiger partial charge in [0.15, 0.2) is 0 Å². The average molecular weight is 688 g/mol. The highest BCUT2D eigenvalue weighted by atomic mass is 32.1. The molecule has 2 aliphatic heterocycles. The molecule has 5 atom stereocenters. The summed E-state index contributed by atoms with van der Waals surface area (Å²) in [6, 6.07) is 7.53. The fraction of sp³-hybridized carbons (Fsp3) is 0.500. The molecule has 2 N–H and O–H groups in total. The molecule has 3 aromatic heterocycles. The zero-order valence-electron chi connectivity index (χ0n) is 27.5. The van der Waals surface area contributed by atoms with Crippen molar-refractivity contribution in [2.75, 3.05) is 13.7 Å². The summed E-state index contributed by atoms with van der Waals surface area (Å²) in [5.74, 6) is -0.971. The van der Waals surface area contributed by atoms with Gasteiger partial charge in [0.25, 0.3) is 0 Å². The zero-order valence-corrected chi connectivity index (χ0v) is 28.3. The van der Waals surface area contributed by atoms with Gasteiger partial charge in [0.05, 0.1) is 35.3 Å². The first kappa shape index (κ1) is 33.0. The maximum Gasteiger partial charge on any atom is 0.408 e. The van der Waals surface area contributed by atoms with E-state index < -0.39 is 41.7 Å². The first-order chi connectivity index (χ1) is 23.8. The first-order valence-electron chi connectivity index (χ1n) is 17.2. The molecule has 3 aromatic rings. The van der Waals surface area contributed by atoms with Gasteiger partial charge < -0.3 is 29.7 Å². The van der Waals surface area contributed by atoms with Crippen LogP contribution >= 0.6 is 11.3 Å². The molecule has 0 bridgehead atoms. The first-order valence-corrected chi connectivity index (χ1v) is 18.0. The Hall–Kier alpha value is -4.52. The van der Waals surface area contributed by atoms with E-state index in [1.165, 1.54) is 23.3 Å². The van der Waals surface area contributed by atoms with Gasteiger partial charge in [0, 0.05) is 24.6 Å². The molecular weight excluding hydrogens is 646 g/mol. The highest BCUT2D eigenvalue weighted by molar-refractivity contribution is 7.17. The number of methoxy groups -OCH3 is 1. The molecule has 49 heavy (non-hydrogen) atoms. The van der Waals surface area contributed by atoms with Gasteiger partial charge in [-0.05, 0) is 68.5 Å². The van der Waals surface area contributed by atoms with Crippen LogP contribution in [0.2, 0.25) is 0 Å². The van der Waals surface area contributed by atoms with E-state index in [1.54, 1.807) is 6.20 Å². The Morgan fingerprint density at radius 1 is 1.06 bits per heavy atom. The van der Waals surface area contributed by atoms with Crippen molar-refractivity contribution in [3.8, 4) is 17.1 Å². The number of thiophene rings is 1. The molecule has 7 rings (SSSR count). The molecule has 258 valence electrons. The number of carbonyl (C=O) groups is 4. The van der Waals surface area contributed by atoms with E-state index in [-0.39, 0.29) is 30.9 Å². The molecule has 0 radical (unpaired) electrons. The Bertz CT molecular complexity index is 1740. The maximum atomic E-state index is 14.4. The fourth-order valence-corrected chi connectivity index (χ4v) is 7.76. The van der Waals surface area contributed by atoms with Crippen molar-refractivity contribution >= 4 is 45.4 Å². The number of nitrogens with one attached hydrogen (secondary N) is 2. The quantitative estimate of drug-likeness (QED) is 0.272. The summed E-state index contributed by atoms with van der Waals surface area (Å²) >= 11 is 1.49. The summed E-state index contributed by atoms with van der Waals surface area (Å²) in [7, 11) is 1.31. The highest BCUT2D eigenvalue weighted by Gasteiger charge is 2.62. The number of nitrogens with zero attached hydrogens (tertiary/aromatic N) is 3. The van der Waals surface area contributed by atoms with Crippen LogP contribution in [-0.2, 0) is 23.9 Å². The summed E-state index contributed by atoms with van der Waals surface area (Å²) in [4.78, 5) is 65.2. The van der Waals surface area contributed by atoms with Crippen molar-refractivity contribution in [1.29, 1.82) is 0 Å². The summed E-state index contributed by atoms with van der Waals surface area (Å²) in [5, 5.41) is 7.74. The van der Waals surface area contributed by atoms with E-state index >= 15 is 0 Å². The number of aromatic nitrogens is 2. The van der Waals surface area contributed by atoms with E-state index in [1.807, 2.05) is 47.9 Å². The molecule has 13 heteroatoms. The largest absolute Gasteiger partial charge is 0.487 e. The number of amides is 3. The second-order valence-corrected chi connectivity index (χ2v) is 14.2. The van der Waals surface area contributed by atoms with Gasteiger partial charge in [0.1, 0.15) is 35.6 Å². The molecule has 12 nitrogen and oxygen atoms in total. The molecule has 3 fully saturated rings. The lowest BCUT2D eigenvalue weighted by Gasteiger charge is -2.30. The smallest absolute Gasteiger partial charge is 0.408 e. The van der Waals surface area contributed by atoms with Crippen molar-refractivity contribution in [2.45, 2.75) is 94.0 Å². The lowest BCUT2D eigenvalue weighted by molar-refractivity contribution is -0.148. The third kappa shape index (κ3) is 6.99. The van der Waals surface area contributed by atoms with Crippen LogP contribution < -0.4 is 15.4 Å². The predicted molar refractivity (Wildman–Crippen MR) is 182 cm³/mol. The van der Waals surface area contributed by atoms with Crippen LogP contribution in [0.25, 0.3) is 21.6 Å². The Kier molecular flexibility index (Phi) is 9.53. The van der Waals surface area contributed by atoms with Crippen LogP contribution in [0.1, 0.15) is 64.2 Å². The topological polar surface area (TPSA) is 149 Å². The summed E-state index contributed by atoms with van der Waals surface area (Å²) in [6.07, 6.45) is 11.3. The molecule has 0 spiro atoms. The molecular formula is C36H41N5O7S. The van der Waals surface area contributed by atoms with Crippen molar-refractivity contribution in [2.24, 2.45) is 5.92 Å². The number of fused-ring (bicyclic) bond motifs is 3. The van der Waals surface area contributed by atoms with E-state index in [9.17, 15) is 19.2 Å². The molecule has 0 aromatic carbocycles. The molecule has 5 heterocycles. The number of pyridine rings is 2. The number of carbonyl (C=O) groups excluding carboxylic acids is 4. The second-order valence-electron chi connectivity index (χ2n) is 13.3. The molecule has 3 amide bonds. The minimum Gasteiger partial charge on any atom is -0.487 e. The number of ether oxygens (including phenoxy) is 3. The van der Waals surface area contributed by atoms with Crippen molar-refractivity contribution in [1.82, 2.24) is 25.5 Å². The second kappa shape index (κ2) is 14.1. The monoisotopic (exact) mass is 687 g/mol. The number of esters is 1. The zero-order chi connectivity index (χ0) is 34.0. The predicted octanol–water partition coefficient (Wildman–Crippen LogP) is 4.92. The van der Waals surface area contributed by atoms with Crippen molar-refractivity contribution in [3.63, 3.8) is 0 Å². The van der Waals surface area contributed by atoms with Crippen molar-refractivity contribution in [3.05, 3.63) is 54.1 Å². The number of rotatable bonds is 6. The van der Waals surface area contributed by atoms with Gasteiger partial charge >= 0.3 is 12.1 Å². The summed E-state index contributed by atoms with van der Waals surface area (Å²) in [6.45, 7) is 0.107. The van der Waals surface area contributed by atoms with Gasteiger partial charge in [-0.2, -0.15) is 0 Å². The van der Waals surface area contributed by atoms with E-state index in [0.717, 1.165) is 48.7 Å². The third-order valence-corrected chi connectivity index (χ3v) is 10.9. The van der Waals surface area contributed by atoms with Crippen LogP contribution in [0, 0.1) is 5.92 Å². The standard InChI is InChI=1S/C36H41N5O7S/c1-46-34(44)36-20-22(36)10-5-3-2-4-6-14-27(39-35(45)48-23-11-9-12-23)33(43)41-21-24(18-29(41)32(42)40-36)47-30-19-28(25-13-7-8-16-37-25)38-26-15-17-49-31(26)30/h5,7-8,10,13,15-17,19,22-24,27,29H,2-4,6,9,11-12,14,18,20-21H2,1H3,(H,39,45)(H,40,42)/b10-5-/t22-,24+,27-,29-,36+/m0/s1. The number of alkyl carbamates (subject to hydrolysis) is 1. The van der Waals surface area contributed by atoms with Gasteiger partial charge in [-0.15, -0.1) is 11.3 Å². The van der Waals surface area contributed by atoms with Crippen LogP contribution in [0.4, 0.5) is 4.79 Å². The SMILES string of the molecule is COC(=O)[C@@]12C[C@@H]1/C=C\CCCCC[C@H](NC(=O)OC1CCC1)C(=O)N1C[C@H](Oc3cc(-c4ccccn4)nc4ccsc34)C[C@H]1C(=O)N2. The van der Waals surface area contributed by atoms with Crippen LogP contribution in [0.3, 0.4) is 0 Å². The lowest BCUT2D eigenvalue weighted by atomic mass is 9.96. The highest BCUT2D eigenvalue weighted by Crippen LogP contribution is 2.46. The Balaban J connectivity index is 1.18. The van der Waals surface area contributed by atoms with Crippen LogP contribution in [0.15, 0.2) is 54.1 Å². The summed E-state index contributed by atoms with van der Waals surface area (Å²) in [5.41, 5.74) is 0.904. The molecule has 4 aliphatic rings. The fourth-order valence-electron chi connectivity index (χ4n) is 6.97. The Labute approximate surface area is 288 Å². The van der Waals surface area contributed by atoms with Crippen LogP contribution in [-0.4, -0.2) is 82.2 Å². The maximum absolute atomic E-state index is 14.4. The van der Waals surface area contributed by atoms with Gasteiger partial charge in [0.2, 0.25) is 11.8 Å². The van der Waals surface area contributed by atoms with E-state index in [0.29, 0.717) is 36.4 Å². The Morgan fingerprint density at radius 3 is 2.71 bits per heavy atom. The molecule has 2 aliphatic carbocycles. The minimum absolute atomic E-state index is 0.107. The summed E-state index contributed by atoms with van der Waals surface area (Å²) < 4.78 is 18.1. The Morgan fingerprint density at radius 2 is 1.94 bits per heavy atom. The molecule has 0 unspecified atom stereocenters. The van der Waals surface area contributed by atoms with Gasteiger partial charge in [-0.3, -0.25) is 14.6 Å². The average Bonchev–Trinajstić information content (AvgIpc) is 3.37. The molecule has 2 saturated carbocycles. The van der Waals surface area contributed by atoms with Gasteiger partial charge in [-0.25, -0.2) is 14.6 Å². The molecule has 1 saturated heterocycles. The number of hydrogen-bond acceptors (Lipinski definition) is 10. The number of allylic oxidation sites excluding steroid dienone is 1. The van der Waals surface area contributed by atoms with Crippen LogP contribution in [0.5, 0.6) is 5.75 Å². The van der Waals surface area contributed by atoms with E-state index in [2.05, 4.69) is 15.6 Å². The third-order valence-electron chi connectivity index (χ3n) is 10.0. The number of hydrogen-bond donors (Lipinski definition) is 2. The van der Waals surface area contributed by atoms with E-state index in [4.69, 9.17) is 19.2 Å². The van der Waals surface area contributed by atoms with Gasteiger partial charge in [-0.1, -0.05) is 31.1 Å². The van der Waals surface area contributed by atoms with Crippen molar-refractivity contribution < 1.29 is 33.4 Å². The minimum atomic E-state index is -1.19. The normalized spacial score (nSPS) is 28.1.